The summed E-state index contributed by atoms with van der Waals surface area (Å²) in [6, 6.07) is 15.5. The van der Waals surface area contributed by atoms with Gasteiger partial charge in [-0.15, -0.1) is 0 Å². The molecule has 2 heterocycles. The molecule has 1 aliphatic rings. The summed E-state index contributed by atoms with van der Waals surface area (Å²) < 4.78 is 53.3. The minimum atomic E-state index is -5.08. The first kappa shape index (κ1) is 25.4. The Labute approximate surface area is 194 Å². The van der Waals surface area contributed by atoms with Crippen LogP contribution in [0.4, 0.5) is 17.6 Å². The first-order valence-electron chi connectivity index (χ1n) is 10.5. The molecule has 1 aliphatic heterocycles. The highest BCUT2D eigenvalue weighted by molar-refractivity contribution is 5.73. The van der Waals surface area contributed by atoms with Gasteiger partial charge in [-0.2, -0.15) is 13.2 Å². The van der Waals surface area contributed by atoms with Crippen molar-refractivity contribution in [3.8, 4) is 0 Å². The second kappa shape index (κ2) is 11.3. The van der Waals surface area contributed by atoms with Crippen molar-refractivity contribution in [3.05, 3.63) is 89.3 Å². The van der Waals surface area contributed by atoms with E-state index in [1.165, 1.54) is 17.2 Å². The summed E-state index contributed by atoms with van der Waals surface area (Å²) in [5.41, 5.74) is 3.33. The molecular weight excluding hydrogens is 454 g/mol. The van der Waals surface area contributed by atoms with Crippen molar-refractivity contribution >= 4 is 5.97 Å². The van der Waals surface area contributed by atoms with E-state index >= 15 is 0 Å². The molecule has 6 nitrogen and oxygen atoms in total. The Morgan fingerprint density at radius 3 is 2.53 bits per heavy atom. The Hall–Kier alpha value is -3.24. The Bertz CT molecular complexity index is 1100. The zero-order valence-electron chi connectivity index (χ0n) is 18.5. The van der Waals surface area contributed by atoms with Gasteiger partial charge in [0.1, 0.15) is 11.6 Å². The van der Waals surface area contributed by atoms with Crippen molar-refractivity contribution in [2.75, 3.05) is 20.3 Å². The van der Waals surface area contributed by atoms with E-state index in [0.29, 0.717) is 13.2 Å². The molecule has 1 atom stereocenters. The summed E-state index contributed by atoms with van der Waals surface area (Å²) in [5, 5.41) is 7.12. The molecule has 0 fully saturated rings. The maximum absolute atomic E-state index is 14.2. The van der Waals surface area contributed by atoms with Crippen LogP contribution < -0.4 is 0 Å². The number of aliphatic carboxylic acids is 1. The summed E-state index contributed by atoms with van der Waals surface area (Å²) in [6.07, 6.45) is -1.23. The molecule has 182 valence electrons. The zero-order chi connectivity index (χ0) is 24.7. The summed E-state index contributed by atoms with van der Waals surface area (Å²) in [4.78, 5) is 15.9. The van der Waals surface area contributed by atoms with Crippen LogP contribution in [0.2, 0.25) is 0 Å². The highest BCUT2D eigenvalue weighted by Gasteiger charge is 2.38. The van der Waals surface area contributed by atoms with Crippen molar-refractivity contribution < 1.29 is 32.2 Å². The van der Waals surface area contributed by atoms with Crippen LogP contribution in [0.3, 0.4) is 0 Å². The number of fused-ring (bicyclic) bond motifs is 1. The maximum Gasteiger partial charge on any atom is 0.490 e. The van der Waals surface area contributed by atoms with Crippen LogP contribution in [0.1, 0.15) is 28.4 Å². The van der Waals surface area contributed by atoms with Gasteiger partial charge in [0.15, 0.2) is 0 Å². The molecule has 0 bridgehead atoms. The van der Waals surface area contributed by atoms with Crippen LogP contribution in [0.5, 0.6) is 0 Å². The molecule has 0 amide bonds. The van der Waals surface area contributed by atoms with Gasteiger partial charge >= 0.3 is 12.1 Å². The lowest BCUT2D eigenvalue weighted by Crippen LogP contribution is -2.35. The first-order chi connectivity index (χ1) is 16.2. The lowest BCUT2D eigenvalue weighted by Gasteiger charge is -2.34. The average molecular weight is 479 g/mol. The van der Waals surface area contributed by atoms with Gasteiger partial charge in [0.2, 0.25) is 0 Å². The average Bonchev–Trinajstić information content (AvgIpc) is 3.27. The van der Waals surface area contributed by atoms with E-state index in [1.54, 1.807) is 13.2 Å². The van der Waals surface area contributed by atoms with Crippen LogP contribution >= 0.6 is 0 Å². The molecule has 0 saturated carbocycles. The van der Waals surface area contributed by atoms with Gasteiger partial charge in [-0.25, -0.2) is 14.2 Å². The van der Waals surface area contributed by atoms with Crippen LogP contribution in [-0.4, -0.2) is 52.0 Å². The number of carbonyl (C=O) groups is 1. The van der Waals surface area contributed by atoms with Crippen molar-refractivity contribution in [1.29, 1.82) is 0 Å². The van der Waals surface area contributed by atoms with Gasteiger partial charge in [0.25, 0.3) is 0 Å². The van der Waals surface area contributed by atoms with Crippen LogP contribution in [0.25, 0.3) is 0 Å². The Kier molecular flexibility index (Phi) is 8.41. The number of benzene rings is 2. The number of ether oxygens (including phenoxy) is 1. The third kappa shape index (κ3) is 6.42. The topological polar surface area (TPSA) is 67.6 Å². The molecule has 3 aromatic rings. The van der Waals surface area contributed by atoms with E-state index in [0.717, 1.165) is 31.0 Å². The Balaban J connectivity index is 0.000000406. The van der Waals surface area contributed by atoms with Gasteiger partial charge in [0, 0.05) is 51.2 Å². The smallest absolute Gasteiger partial charge is 0.475 e. The van der Waals surface area contributed by atoms with E-state index < -0.39 is 12.1 Å². The lowest BCUT2D eigenvalue weighted by molar-refractivity contribution is -0.192. The van der Waals surface area contributed by atoms with Crippen molar-refractivity contribution in [3.63, 3.8) is 0 Å². The summed E-state index contributed by atoms with van der Waals surface area (Å²) in [5.74, 6) is -1.70. The third-order valence-corrected chi connectivity index (χ3v) is 5.46. The number of aromatic nitrogens is 2. The molecule has 1 aromatic heterocycles. The van der Waals surface area contributed by atoms with E-state index in [1.807, 2.05) is 24.5 Å². The number of imidazole rings is 1. The molecule has 0 aliphatic carbocycles. The second-order valence-electron chi connectivity index (χ2n) is 7.79. The van der Waals surface area contributed by atoms with Gasteiger partial charge in [0.05, 0.1) is 12.5 Å². The number of carboxylic acid groups (broad SMARTS) is 1. The molecule has 2 aromatic carbocycles. The lowest BCUT2D eigenvalue weighted by atomic mass is 9.88. The summed E-state index contributed by atoms with van der Waals surface area (Å²) in [6.45, 7) is 3.65. The minimum Gasteiger partial charge on any atom is -0.475 e. The number of hydrogen-bond donors (Lipinski definition) is 1. The van der Waals surface area contributed by atoms with E-state index in [-0.39, 0.29) is 11.7 Å². The Morgan fingerprint density at radius 2 is 1.85 bits per heavy atom. The number of nitrogens with zero attached hydrogens (tertiary/aromatic N) is 3. The van der Waals surface area contributed by atoms with Crippen molar-refractivity contribution in [2.45, 2.75) is 31.7 Å². The number of alkyl halides is 3. The SMILES string of the molecule is COCCn1ccnc1C1CN(Cc2ccccc2F)Cc2ccccc21.O=C(O)C(F)(F)F. The number of hydrogen-bond acceptors (Lipinski definition) is 4. The predicted octanol–water partition coefficient (Wildman–Crippen LogP) is 4.45. The fraction of sp³-hybridized carbons (Fsp3) is 0.333. The molecule has 0 spiro atoms. The Morgan fingerprint density at radius 1 is 1.18 bits per heavy atom. The molecular formula is C24H25F4N3O3. The van der Waals surface area contributed by atoms with Gasteiger partial charge in [-0.3, -0.25) is 4.90 Å². The molecule has 1 unspecified atom stereocenters. The van der Waals surface area contributed by atoms with Crippen LogP contribution in [0, 0.1) is 5.82 Å². The fourth-order valence-corrected chi connectivity index (χ4v) is 3.90. The normalized spacial score (nSPS) is 15.9. The number of rotatable bonds is 6. The standard InChI is InChI=1S/C22H24FN3O.C2HF3O2/c1-27-13-12-26-11-10-24-22(26)20-16-25(14-17-6-2-4-8-19(17)20)15-18-7-3-5-9-21(18)23;3-2(4,5)1(6)7/h2-11,20H,12-16H2,1H3;(H,6,7). The van der Waals surface area contributed by atoms with Gasteiger partial charge in [-0.1, -0.05) is 42.5 Å². The molecule has 34 heavy (non-hydrogen) atoms. The van der Waals surface area contributed by atoms with Crippen LogP contribution in [0.15, 0.2) is 60.9 Å². The molecule has 0 radical (unpaired) electrons. The van der Waals surface area contributed by atoms with Gasteiger partial charge in [-0.05, 0) is 17.2 Å². The molecule has 4 rings (SSSR count). The largest absolute Gasteiger partial charge is 0.490 e. The highest BCUT2D eigenvalue weighted by atomic mass is 19.4. The number of carboxylic acids is 1. The minimum absolute atomic E-state index is 0.144. The van der Waals surface area contributed by atoms with Gasteiger partial charge < -0.3 is 14.4 Å². The zero-order valence-corrected chi connectivity index (χ0v) is 18.5. The van der Waals surface area contributed by atoms with E-state index in [2.05, 4.69) is 38.7 Å². The predicted molar refractivity (Wildman–Crippen MR) is 117 cm³/mol. The summed E-state index contributed by atoms with van der Waals surface area (Å²) >= 11 is 0. The van der Waals surface area contributed by atoms with Crippen LogP contribution in [-0.2, 0) is 29.2 Å². The molecule has 0 saturated heterocycles. The fourth-order valence-electron chi connectivity index (χ4n) is 3.90. The van der Waals surface area contributed by atoms with Crippen molar-refractivity contribution in [2.24, 2.45) is 0 Å². The maximum atomic E-state index is 14.2. The molecule has 10 heteroatoms. The third-order valence-electron chi connectivity index (χ3n) is 5.46. The monoisotopic (exact) mass is 479 g/mol. The number of methoxy groups -OCH3 is 1. The first-order valence-corrected chi connectivity index (χ1v) is 10.5. The summed E-state index contributed by atoms with van der Waals surface area (Å²) in [7, 11) is 1.71. The highest BCUT2D eigenvalue weighted by Crippen LogP contribution is 2.33. The van der Waals surface area contributed by atoms with E-state index in [9.17, 15) is 17.6 Å². The van der Waals surface area contributed by atoms with E-state index in [4.69, 9.17) is 14.6 Å². The number of halogens is 4. The molecule has 1 N–H and O–H groups in total. The quantitative estimate of drug-likeness (QED) is 0.530. The van der Waals surface area contributed by atoms with Crippen molar-refractivity contribution in [1.82, 2.24) is 14.5 Å². The second-order valence-corrected chi connectivity index (χ2v) is 7.79.